The lowest BCUT2D eigenvalue weighted by atomic mass is 9.33. The van der Waals surface area contributed by atoms with E-state index in [1.807, 2.05) is 19.1 Å². The van der Waals surface area contributed by atoms with Crippen molar-refractivity contribution in [2.75, 3.05) is 19.8 Å². The normalized spacial score (nSPS) is 46.1. The van der Waals surface area contributed by atoms with Gasteiger partial charge >= 0.3 is 5.97 Å². The van der Waals surface area contributed by atoms with Gasteiger partial charge in [-0.25, -0.2) is 0 Å². The van der Waals surface area contributed by atoms with Gasteiger partial charge in [0.25, 0.3) is 5.91 Å². The topological polar surface area (TPSA) is 330 Å². The molecule has 3 aliphatic heterocycles. The van der Waals surface area contributed by atoms with Crippen LogP contribution in [0.4, 0.5) is 0 Å². The number of hydrogen-bond acceptors (Lipinski definition) is 19. The minimum atomic E-state index is -1.96. The summed E-state index contributed by atoms with van der Waals surface area (Å²) in [6.07, 6.45) is -13.8. The van der Waals surface area contributed by atoms with E-state index in [1.165, 1.54) is 6.92 Å². The van der Waals surface area contributed by atoms with Gasteiger partial charge in [-0.05, 0) is 164 Å². The number of aliphatic hydroxyl groups excluding tert-OH is 9. The summed E-state index contributed by atoms with van der Waals surface area (Å²) in [7, 11) is 0. The number of fused-ring (bicyclic) bond motifs is 7. The number of halogens is 1. The van der Waals surface area contributed by atoms with Crippen LogP contribution in [0.3, 0.4) is 0 Å². The largest absolute Gasteiger partial charge is 0.432 e. The van der Waals surface area contributed by atoms with E-state index in [9.17, 15) is 60.3 Å². The predicted molar refractivity (Wildman–Crippen MR) is 300 cm³/mol. The molecular formula is C60H89IN2O19. The molecule has 12 unspecified atom stereocenters. The van der Waals surface area contributed by atoms with Crippen molar-refractivity contribution in [2.24, 2.45) is 50.2 Å². The second-order valence-electron chi connectivity index (χ2n) is 26.9. The predicted octanol–water partition coefficient (Wildman–Crippen LogP) is 2.68. The average molecular weight is 1270 g/mol. The first kappa shape index (κ1) is 63.7. The van der Waals surface area contributed by atoms with E-state index in [2.05, 4.69) is 73.9 Å². The number of nitrogens with one attached hydrogen (secondary N) is 2. The number of ether oxygens (including phenoxy) is 6. The number of rotatable bonds is 16. The molecule has 0 radical (unpaired) electrons. The molecule has 22 heteroatoms. The molecule has 2 amide bonds. The van der Waals surface area contributed by atoms with Gasteiger partial charge in [0.1, 0.15) is 60.5 Å². The van der Waals surface area contributed by atoms with Crippen LogP contribution in [0.2, 0.25) is 0 Å². The van der Waals surface area contributed by atoms with Gasteiger partial charge in [0.05, 0.1) is 43.0 Å². The van der Waals surface area contributed by atoms with E-state index in [0.717, 1.165) is 28.3 Å². The lowest BCUT2D eigenvalue weighted by Crippen LogP contribution is -2.69. The summed E-state index contributed by atoms with van der Waals surface area (Å²) in [5.41, 5.74) is -2.41. The summed E-state index contributed by atoms with van der Waals surface area (Å²) in [6.45, 7) is 13.6. The first-order valence-corrected chi connectivity index (χ1v) is 30.7. The van der Waals surface area contributed by atoms with E-state index >= 15 is 4.79 Å². The van der Waals surface area contributed by atoms with Crippen LogP contribution < -0.4 is 10.6 Å². The minimum absolute atomic E-state index is 0.0188. The molecule has 0 bridgehead atoms. The van der Waals surface area contributed by atoms with Crippen LogP contribution >= 0.6 is 22.6 Å². The summed E-state index contributed by atoms with van der Waals surface area (Å²) in [6, 6.07) is 5.76. The van der Waals surface area contributed by atoms with Gasteiger partial charge in [-0.1, -0.05) is 59.6 Å². The Labute approximate surface area is 493 Å². The molecule has 24 atom stereocenters. The monoisotopic (exact) mass is 1270 g/mol. The Kier molecular flexibility index (Phi) is 19.0. The second kappa shape index (κ2) is 24.4. The van der Waals surface area contributed by atoms with Crippen LogP contribution in [0.5, 0.6) is 0 Å². The SMILES string of the molecule is CC1O[C@@H](OC2C(O)[C@@H](NC(=O)CCCCCNC(=O)c3ccc(I)cc3)C(CO)O[C@H]2OC(=O)[C@]23CCC(C)(C)CC2C2=CCC4C5(C)CC[C@H](O)C(C)(C=O)[C@@H]5CC[C@]4(C)[C@]2(C)C[C@H]3O)C(O)C(O)[C@H]1O[C@@H]1OC[C@@H](O)C(O)C1O. The number of hydrogen-bond donors (Lipinski definition) is 11. The Morgan fingerprint density at radius 3 is 2.15 bits per heavy atom. The number of aliphatic hydroxyl groups is 9. The van der Waals surface area contributed by atoms with Crippen LogP contribution in [-0.2, 0) is 42.8 Å². The zero-order valence-electron chi connectivity index (χ0n) is 48.2. The van der Waals surface area contributed by atoms with Crippen molar-refractivity contribution in [1.82, 2.24) is 10.6 Å². The van der Waals surface area contributed by atoms with Gasteiger partial charge in [0, 0.05) is 22.1 Å². The minimum Gasteiger partial charge on any atom is -0.432 e. The van der Waals surface area contributed by atoms with Gasteiger partial charge < -0.3 is 89.8 Å². The van der Waals surface area contributed by atoms with Gasteiger partial charge in [0.15, 0.2) is 18.7 Å². The number of carbonyl (C=O) groups is 4. The van der Waals surface area contributed by atoms with Crippen molar-refractivity contribution in [2.45, 2.75) is 230 Å². The number of esters is 1. The number of unbranched alkanes of at least 4 members (excludes halogenated alkanes) is 2. The van der Waals surface area contributed by atoms with Crippen LogP contribution in [0, 0.1) is 53.8 Å². The first-order chi connectivity index (χ1) is 38.6. The number of allylic oxidation sites excluding steroid dienone is 2. The quantitative estimate of drug-likeness (QED) is 0.0373. The highest BCUT2D eigenvalue weighted by molar-refractivity contribution is 14.1. The molecule has 1 aromatic carbocycles. The number of carbonyl (C=O) groups excluding carboxylic acids is 4. The Morgan fingerprint density at radius 2 is 1.45 bits per heavy atom. The zero-order chi connectivity index (χ0) is 59.6. The fraction of sp³-hybridized carbons (Fsp3) is 0.800. The van der Waals surface area contributed by atoms with Crippen LogP contribution in [0.1, 0.15) is 142 Å². The summed E-state index contributed by atoms with van der Waals surface area (Å²) >= 11 is 2.16. The lowest BCUT2D eigenvalue weighted by Gasteiger charge is -2.71. The molecule has 7 fully saturated rings. The van der Waals surface area contributed by atoms with E-state index in [0.29, 0.717) is 63.5 Å². The third kappa shape index (κ3) is 11.3. The Morgan fingerprint density at radius 1 is 0.756 bits per heavy atom. The van der Waals surface area contributed by atoms with Crippen molar-refractivity contribution in [3.05, 3.63) is 45.0 Å². The molecule has 3 heterocycles. The number of amides is 2. The number of benzene rings is 1. The van der Waals surface area contributed by atoms with Crippen molar-refractivity contribution in [3.8, 4) is 0 Å². The maximum absolute atomic E-state index is 15.7. The number of aldehydes is 1. The van der Waals surface area contributed by atoms with Crippen LogP contribution in [-0.4, -0.2) is 188 Å². The van der Waals surface area contributed by atoms with Crippen LogP contribution in [0.25, 0.3) is 0 Å². The fourth-order valence-electron chi connectivity index (χ4n) is 16.6. The molecule has 21 nitrogen and oxygen atoms in total. The molecule has 11 N–H and O–H groups in total. The smallest absolute Gasteiger partial charge is 0.317 e. The molecule has 0 spiro atoms. The molecule has 9 rings (SSSR count). The molecule has 460 valence electrons. The molecule has 5 aliphatic carbocycles. The van der Waals surface area contributed by atoms with Gasteiger partial charge in [-0.2, -0.15) is 0 Å². The van der Waals surface area contributed by atoms with E-state index < -0.39 is 145 Å². The van der Waals surface area contributed by atoms with Crippen LogP contribution in [0.15, 0.2) is 35.9 Å². The zero-order valence-corrected chi connectivity index (χ0v) is 50.4. The molecule has 82 heavy (non-hydrogen) atoms. The van der Waals surface area contributed by atoms with Crippen molar-refractivity contribution >= 4 is 46.7 Å². The summed E-state index contributed by atoms with van der Waals surface area (Å²) in [5.74, 6) is -2.06. The molecule has 0 aromatic heterocycles. The molecular weight excluding hydrogens is 1180 g/mol. The summed E-state index contributed by atoms with van der Waals surface area (Å²) in [4.78, 5) is 54.8. The fourth-order valence-corrected chi connectivity index (χ4v) is 16.9. The highest BCUT2D eigenvalue weighted by Crippen LogP contribution is 2.76. The lowest BCUT2D eigenvalue weighted by molar-refractivity contribution is -0.370. The molecule has 4 saturated carbocycles. The highest BCUT2D eigenvalue weighted by atomic mass is 127. The molecule has 3 saturated heterocycles. The first-order valence-electron chi connectivity index (χ1n) is 29.6. The highest BCUT2D eigenvalue weighted by Gasteiger charge is 2.72. The van der Waals surface area contributed by atoms with E-state index in [1.54, 1.807) is 12.1 Å². The van der Waals surface area contributed by atoms with Gasteiger partial charge in [-0.3, -0.25) is 14.4 Å². The Hall–Kier alpha value is -2.79. The van der Waals surface area contributed by atoms with E-state index in [-0.39, 0.29) is 53.3 Å². The van der Waals surface area contributed by atoms with Crippen molar-refractivity contribution in [3.63, 3.8) is 0 Å². The average Bonchev–Trinajstić information content (AvgIpc) is 3.61. The van der Waals surface area contributed by atoms with Crippen molar-refractivity contribution < 1.29 is 93.6 Å². The Balaban J connectivity index is 0.963. The van der Waals surface area contributed by atoms with Gasteiger partial charge in [0.2, 0.25) is 12.2 Å². The summed E-state index contributed by atoms with van der Waals surface area (Å²) < 4.78 is 37.5. The van der Waals surface area contributed by atoms with E-state index in [4.69, 9.17) is 28.4 Å². The van der Waals surface area contributed by atoms with Crippen molar-refractivity contribution in [1.29, 1.82) is 0 Å². The Bertz CT molecular complexity index is 2510. The third-order valence-corrected chi connectivity index (χ3v) is 22.4. The second-order valence-corrected chi connectivity index (χ2v) is 28.2. The maximum Gasteiger partial charge on any atom is 0.317 e. The van der Waals surface area contributed by atoms with Gasteiger partial charge in [-0.15, -0.1) is 0 Å². The standard InChI is InChI=1S/C60H89IN2O19/c1-30-48(80-51-46(73)43(70)35(66)28-77-51)45(72)47(74)52(78-30)81-49-44(71)42(63-41(69)11-9-8-10-24-62-50(75)31-12-14-32(61)15-13-31)36(27-64)79-53(49)82-54(76)60-23-22-55(2,3)25-34(60)33-16-17-38-56(4)20-19-39(67)57(5,29-65)37(56)18-21-58(38,6)59(33,7)26-40(60)68/h12-16,29-30,34-40,42-49,51-53,64,66-68,70-74H,8-11,17-28H2,1-7H3,(H,62,75)(H,63,69)/t30?,34?,35-,36?,37-,38?,39+,40-,42+,43?,44?,45?,46?,47?,48+,49?,51+,52+,53+,56?,57?,58+,59-,60-/m1/s1. The third-order valence-electron chi connectivity index (χ3n) is 21.7. The summed E-state index contributed by atoms with van der Waals surface area (Å²) in [5, 5.41) is 107. The molecule has 8 aliphatic rings. The molecule has 1 aromatic rings. The maximum atomic E-state index is 15.7.